The molecule has 0 saturated carbocycles. The zero-order valence-electron chi connectivity index (χ0n) is 14.6. The maximum atomic E-state index is 12.9. The fraction of sp³-hybridized carbons (Fsp3) is 0.381. The van der Waals surface area contributed by atoms with Crippen LogP contribution in [0.25, 0.3) is 0 Å². The summed E-state index contributed by atoms with van der Waals surface area (Å²) in [4.78, 5) is 17.3. The van der Waals surface area contributed by atoms with Crippen LogP contribution in [0.2, 0.25) is 0 Å². The number of hydrogen-bond donors (Lipinski definition) is 0. The van der Waals surface area contributed by atoms with Crippen molar-refractivity contribution in [2.75, 3.05) is 19.7 Å². The third kappa shape index (κ3) is 3.27. The van der Waals surface area contributed by atoms with Gasteiger partial charge >= 0.3 is 0 Å². The minimum Gasteiger partial charge on any atom is -0.484 e. The number of rotatable bonds is 4. The molecule has 2 unspecified atom stereocenters. The van der Waals surface area contributed by atoms with Crippen molar-refractivity contribution < 1.29 is 9.53 Å². The van der Waals surface area contributed by atoms with E-state index in [1.165, 1.54) is 24.0 Å². The molecular formula is C21H24N2O2. The van der Waals surface area contributed by atoms with E-state index in [9.17, 15) is 4.79 Å². The average Bonchev–Trinajstić information content (AvgIpc) is 3.22. The van der Waals surface area contributed by atoms with E-state index in [4.69, 9.17) is 4.74 Å². The lowest BCUT2D eigenvalue weighted by molar-refractivity contribution is -0.135. The van der Waals surface area contributed by atoms with E-state index in [0.29, 0.717) is 6.04 Å². The first-order chi connectivity index (χ1) is 12.2. The molecule has 25 heavy (non-hydrogen) atoms. The molecule has 4 nitrogen and oxygen atoms in total. The molecule has 1 amide bonds. The number of carbonyl (C=O) groups is 1. The van der Waals surface area contributed by atoms with Gasteiger partial charge in [0.05, 0.1) is 0 Å². The molecule has 2 fully saturated rings. The van der Waals surface area contributed by atoms with Crippen molar-refractivity contribution in [2.24, 2.45) is 0 Å². The van der Waals surface area contributed by atoms with Crippen LogP contribution in [0, 0.1) is 6.92 Å². The van der Waals surface area contributed by atoms with E-state index in [1.54, 1.807) is 0 Å². The minimum absolute atomic E-state index is 0.0443. The fourth-order valence-corrected chi connectivity index (χ4v) is 3.98. The lowest BCUT2D eigenvalue weighted by atomic mass is 10.1. The normalized spacial score (nSPS) is 22.8. The van der Waals surface area contributed by atoms with E-state index in [-0.39, 0.29) is 18.7 Å². The van der Waals surface area contributed by atoms with Gasteiger partial charge in [0, 0.05) is 19.1 Å². The summed E-state index contributed by atoms with van der Waals surface area (Å²) in [6.07, 6.45) is 2.43. The Labute approximate surface area is 149 Å². The SMILES string of the molecule is Cc1ccc(OCC(=O)N2CC3CCCN3C2c2ccccc2)cc1. The van der Waals surface area contributed by atoms with Crippen LogP contribution in [-0.4, -0.2) is 41.4 Å². The van der Waals surface area contributed by atoms with Gasteiger partial charge < -0.3 is 9.64 Å². The van der Waals surface area contributed by atoms with Crippen molar-refractivity contribution in [1.82, 2.24) is 9.80 Å². The van der Waals surface area contributed by atoms with Gasteiger partial charge in [0.2, 0.25) is 0 Å². The van der Waals surface area contributed by atoms with Crippen molar-refractivity contribution in [3.8, 4) is 5.75 Å². The predicted molar refractivity (Wildman–Crippen MR) is 97.3 cm³/mol. The molecule has 2 aromatic carbocycles. The van der Waals surface area contributed by atoms with Crippen LogP contribution < -0.4 is 4.74 Å². The van der Waals surface area contributed by atoms with Crippen LogP contribution in [0.5, 0.6) is 5.75 Å². The summed E-state index contributed by atoms with van der Waals surface area (Å²) in [5.41, 5.74) is 2.37. The van der Waals surface area contributed by atoms with Gasteiger partial charge in [-0.05, 0) is 37.5 Å². The van der Waals surface area contributed by atoms with Gasteiger partial charge in [-0.15, -0.1) is 0 Å². The molecule has 0 aliphatic carbocycles. The third-order valence-corrected chi connectivity index (χ3v) is 5.24. The molecule has 2 saturated heterocycles. The van der Waals surface area contributed by atoms with Gasteiger partial charge in [-0.1, -0.05) is 48.0 Å². The highest BCUT2D eigenvalue weighted by Gasteiger charge is 2.44. The van der Waals surface area contributed by atoms with Crippen molar-refractivity contribution in [3.05, 3.63) is 65.7 Å². The molecule has 0 spiro atoms. The van der Waals surface area contributed by atoms with Gasteiger partial charge in [0.1, 0.15) is 11.9 Å². The first-order valence-corrected chi connectivity index (χ1v) is 9.02. The van der Waals surface area contributed by atoms with Crippen LogP contribution >= 0.6 is 0 Å². The molecular weight excluding hydrogens is 312 g/mol. The summed E-state index contributed by atoms with van der Waals surface area (Å²) in [7, 11) is 0. The molecule has 4 heteroatoms. The largest absolute Gasteiger partial charge is 0.484 e. The number of ether oxygens (including phenoxy) is 1. The Bertz CT molecular complexity index is 729. The van der Waals surface area contributed by atoms with Gasteiger partial charge in [-0.25, -0.2) is 0 Å². The van der Waals surface area contributed by atoms with E-state index in [0.717, 1.165) is 18.8 Å². The van der Waals surface area contributed by atoms with Crippen LogP contribution in [-0.2, 0) is 4.79 Å². The summed E-state index contributed by atoms with van der Waals surface area (Å²) in [6.45, 7) is 3.99. The standard InChI is InChI=1S/C21H24N2O2/c1-16-9-11-19(12-10-16)25-15-20(24)23-14-18-8-5-13-22(18)21(23)17-6-3-2-4-7-17/h2-4,6-7,9-12,18,21H,5,8,13-15H2,1H3. The number of benzene rings is 2. The topological polar surface area (TPSA) is 32.8 Å². The lowest BCUT2D eigenvalue weighted by Crippen LogP contribution is -2.38. The van der Waals surface area contributed by atoms with Gasteiger partial charge in [0.15, 0.2) is 6.61 Å². The molecule has 0 N–H and O–H groups in total. The fourth-order valence-electron chi connectivity index (χ4n) is 3.98. The molecule has 2 heterocycles. The summed E-state index contributed by atoms with van der Waals surface area (Å²) in [6, 6.07) is 18.7. The Kier molecular flexibility index (Phi) is 4.45. The Morgan fingerprint density at radius 3 is 2.64 bits per heavy atom. The van der Waals surface area contributed by atoms with Crippen LogP contribution in [0.15, 0.2) is 54.6 Å². The van der Waals surface area contributed by atoms with Gasteiger partial charge in [-0.3, -0.25) is 9.69 Å². The number of hydrogen-bond acceptors (Lipinski definition) is 3. The second-order valence-electron chi connectivity index (χ2n) is 6.97. The van der Waals surface area contributed by atoms with Crippen molar-refractivity contribution in [3.63, 3.8) is 0 Å². The molecule has 130 valence electrons. The second-order valence-corrected chi connectivity index (χ2v) is 6.97. The van der Waals surface area contributed by atoms with Crippen LogP contribution in [0.4, 0.5) is 0 Å². The molecule has 2 aliphatic rings. The van der Waals surface area contributed by atoms with Crippen molar-refractivity contribution >= 4 is 5.91 Å². The highest BCUT2D eigenvalue weighted by Crippen LogP contribution is 2.38. The Hall–Kier alpha value is -2.33. The third-order valence-electron chi connectivity index (χ3n) is 5.24. The molecule has 0 aromatic heterocycles. The van der Waals surface area contributed by atoms with Gasteiger partial charge in [0.25, 0.3) is 5.91 Å². The summed E-state index contributed by atoms with van der Waals surface area (Å²) >= 11 is 0. The highest BCUT2D eigenvalue weighted by molar-refractivity contribution is 5.78. The number of fused-ring (bicyclic) bond motifs is 1. The van der Waals surface area contributed by atoms with Crippen LogP contribution in [0.1, 0.15) is 30.1 Å². The lowest BCUT2D eigenvalue weighted by Gasteiger charge is -2.29. The maximum Gasteiger partial charge on any atom is 0.262 e. The summed E-state index contributed by atoms with van der Waals surface area (Å²) in [5.74, 6) is 0.804. The second kappa shape index (κ2) is 6.89. The van der Waals surface area contributed by atoms with Crippen molar-refractivity contribution in [1.29, 1.82) is 0 Å². The van der Waals surface area contributed by atoms with Crippen LogP contribution in [0.3, 0.4) is 0 Å². The van der Waals surface area contributed by atoms with E-state index >= 15 is 0 Å². The first-order valence-electron chi connectivity index (χ1n) is 9.02. The average molecular weight is 336 g/mol. The molecule has 2 atom stereocenters. The number of aryl methyl sites for hydroxylation is 1. The number of carbonyl (C=O) groups excluding carboxylic acids is 1. The van der Waals surface area contributed by atoms with E-state index in [1.807, 2.05) is 54.3 Å². The molecule has 2 aliphatic heterocycles. The Morgan fingerprint density at radius 2 is 1.88 bits per heavy atom. The van der Waals surface area contributed by atoms with Gasteiger partial charge in [-0.2, -0.15) is 0 Å². The quantitative estimate of drug-likeness (QED) is 0.858. The molecule has 2 aromatic rings. The maximum absolute atomic E-state index is 12.9. The molecule has 0 radical (unpaired) electrons. The van der Waals surface area contributed by atoms with Crippen molar-refractivity contribution in [2.45, 2.75) is 32.0 Å². The Balaban J connectivity index is 1.49. The first kappa shape index (κ1) is 16.2. The smallest absolute Gasteiger partial charge is 0.262 e. The summed E-state index contributed by atoms with van der Waals surface area (Å²) in [5, 5.41) is 0. The monoisotopic (exact) mass is 336 g/mol. The Morgan fingerprint density at radius 1 is 1.12 bits per heavy atom. The molecule has 0 bridgehead atoms. The van der Waals surface area contributed by atoms with E-state index < -0.39 is 0 Å². The summed E-state index contributed by atoms with van der Waals surface area (Å²) < 4.78 is 5.73. The highest BCUT2D eigenvalue weighted by atomic mass is 16.5. The predicted octanol–water partition coefficient (Wildman–Crippen LogP) is 3.38. The minimum atomic E-state index is 0.0443. The zero-order valence-corrected chi connectivity index (χ0v) is 14.6. The van der Waals surface area contributed by atoms with E-state index in [2.05, 4.69) is 17.0 Å². The number of nitrogens with zero attached hydrogens (tertiary/aromatic N) is 2. The molecule has 4 rings (SSSR count). The zero-order chi connectivity index (χ0) is 17.2. The number of amides is 1.